The van der Waals surface area contributed by atoms with E-state index in [2.05, 4.69) is 9.97 Å². The van der Waals surface area contributed by atoms with E-state index in [1.54, 1.807) is 12.1 Å². The SMILES string of the molecule is O=c1ccc2ccc(Oc3nc(-c4ccccc4)nc4ccccc34)cc2o1. The molecule has 0 spiro atoms. The Morgan fingerprint density at radius 2 is 1.57 bits per heavy atom. The molecular formula is C23H14N2O3. The third-order valence-corrected chi connectivity index (χ3v) is 4.41. The summed E-state index contributed by atoms with van der Waals surface area (Å²) in [6, 6.07) is 25.9. The summed E-state index contributed by atoms with van der Waals surface area (Å²) in [5, 5.41) is 1.63. The summed E-state index contributed by atoms with van der Waals surface area (Å²) in [6.07, 6.45) is 0. The van der Waals surface area contributed by atoms with Crippen LogP contribution in [0.25, 0.3) is 33.3 Å². The molecule has 2 heterocycles. The number of nitrogens with zero attached hydrogens (tertiary/aromatic N) is 2. The van der Waals surface area contributed by atoms with Gasteiger partial charge in [0.1, 0.15) is 11.3 Å². The monoisotopic (exact) mass is 366 g/mol. The van der Waals surface area contributed by atoms with Gasteiger partial charge in [0, 0.05) is 23.1 Å². The molecule has 28 heavy (non-hydrogen) atoms. The molecule has 0 aliphatic heterocycles. The van der Waals surface area contributed by atoms with Crippen LogP contribution >= 0.6 is 0 Å². The molecule has 3 aromatic carbocycles. The molecular weight excluding hydrogens is 352 g/mol. The number of aromatic nitrogens is 2. The van der Waals surface area contributed by atoms with Gasteiger partial charge < -0.3 is 9.15 Å². The first-order valence-corrected chi connectivity index (χ1v) is 8.80. The van der Waals surface area contributed by atoms with Crippen LogP contribution < -0.4 is 10.4 Å². The third-order valence-electron chi connectivity index (χ3n) is 4.41. The van der Waals surface area contributed by atoms with E-state index in [0.717, 1.165) is 21.9 Å². The lowest BCUT2D eigenvalue weighted by Gasteiger charge is -2.10. The van der Waals surface area contributed by atoms with Gasteiger partial charge in [-0.3, -0.25) is 0 Å². The van der Waals surface area contributed by atoms with E-state index in [4.69, 9.17) is 9.15 Å². The molecule has 0 saturated heterocycles. The predicted octanol–water partition coefficient (Wildman–Crippen LogP) is 5.20. The van der Waals surface area contributed by atoms with Gasteiger partial charge in [0.05, 0.1) is 10.9 Å². The molecule has 5 aromatic rings. The molecule has 0 atom stereocenters. The molecule has 0 radical (unpaired) electrons. The molecule has 5 heteroatoms. The molecule has 0 aliphatic carbocycles. The van der Waals surface area contributed by atoms with Gasteiger partial charge in [-0.25, -0.2) is 9.78 Å². The van der Waals surface area contributed by atoms with Crippen molar-refractivity contribution in [3.63, 3.8) is 0 Å². The van der Waals surface area contributed by atoms with Crippen LogP contribution in [0.15, 0.2) is 94.1 Å². The maximum Gasteiger partial charge on any atom is 0.336 e. The number of hydrogen-bond acceptors (Lipinski definition) is 5. The first-order chi connectivity index (χ1) is 13.8. The number of ether oxygens (including phenoxy) is 1. The van der Waals surface area contributed by atoms with Crippen molar-refractivity contribution in [3.05, 3.63) is 95.3 Å². The zero-order chi connectivity index (χ0) is 18.9. The van der Waals surface area contributed by atoms with Crippen LogP contribution in [0.3, 0.4) is 0 Å². The molecule has 0 fully saturated rings. The van der Waals surface area contributed by atoms with E-state index < -0.39 is 5.63 Å². The summed E-state index contributed by atoms with van der Waals surface area (Å²) >= 11 is 0. The Labute approximate surface area is 159 Å². The second-order valence-corrected chi connectivity index (χ2v) is 6.29. The Morgan fingerprint density at radius 1 is 0.786 bits per heavy atom. The second-order valence-electron chi connectivity index (χ2n) is 6.29. The van der Waals surface area contributed by atoms with E-state index in [0.29, 0.717) is 23.0 Å². The van der Waals surface area contributed by atoms with Gasteiger partial charge in [0.25, 0.3) is 0 Å². The van der Waals surface area contributed by atoms with E-state index in [-0.39, 0.29) is 0 Å². The van der Waals surface area contributed by atoms with Crippen molar-refractivity contribution in [1.29, 1.82) is 0 Å². The quantitative estimate of drug-likeness (QED) is 0.411. The summed E-state index contributed by atoms with van der Waals surface area (Å²) < 4.78 is 11.3. The van der Waals surface area contributed by atoms with Crippen LogP contribution in [0.5, 0.6) is 11.6 Å². The third kappa shape index (κ3) is 2.99. The van der Waals surface area contributed by atoms with Gasteiger partial charge in [-0.05, 0) is 30.3 Å². The van der Waals surface area contributed by atoms with Gasteiger partial charge in [0.15, 0.2) is 5.82 Å². The lowest BCUT2D eigenvalue weighted by Crippen LogP contribution is -1.97. The number of para-hydroxylation sites is 1. The van der Waals surface area contributed by atoms with Gasteiger partial charge in [-0.2, -0.15) is 4.98 Å². The summed E-state index contributed by atoms with van der Waals surface area (Å²) in [5.41, 5.74) is 1.76. The zero-order valence-corrected chi connectivity index (χ0v) is 14.7. The number of hydrogen-bond donors (Lipinski definition) is 0. The molecule has 0 amide bonds. The minimum atomic E-state index is -0.400. The van der Waals surface area contributed by atoms with E-state index in [1.165, 1.54) is 6.07 Å². The van der Waals surface area contributed by atoms with Crippen molar-refractivity contribution in [2.24, 2.45) is 0 Å². The van der Waals surface area contributed by atoms with E-state index >= 15 is 0 Å². The molecule has 0 bridgehead atoms. The normalized spacial score (nSPS) is 11.0. The molecule has 5 nitrogen and oxygen atoms in total. The van der Waals surface area contributed by atoms with E-state index in [1.807, 2.05) is 66.7 Å². The van der Waals surface area contributed by atoms with Crippen LogP contribution in [-0.2, 0) is 0 Å². The Bertz CT molecular complexity index is 1360. The smallest absolute Gasteiger partial charge is 0.336 e. The molecule has 0 N–H and O–H groups in total. The molecule has 0 unspecified atom stereocenters. The summed E-state index contributed by atoms with van der Waals surface area (Å²) in [4.78, 5) is 20.8. The average molecular weight is 366 g/mol. The van der Waals surface area contributed by atoms with Crippen molar-refractivity contribution < 1.29 is 9.15 Å². The number of fused-ring (bicyclic) bond motifs is 2. The van der Waals surface area contributed by atoms with Gasteiger partial charge >= 0.3 is 5.63 Å². The van der Waals surface area contributed by atoms with Crippen molar-refractivity contribution in [3.8, 4) is 23.0 Å². The van der Waals surface area contributed by atoms with Crippen molar-refractivity contribution in [2.45, 2.75) is 0 Å². The Balaban J connectivity index is 1.64. The first kappa shape index (κ1) is 16.2. The molecule has 0 aliphatic rings. The van der Waals surface area contributed by atoms with Crippen molar-refractivity contribution in [1.82, 2.24) is 9.97 Å². The Hall–Kier alpha value is -3.99. The number of rotatable bonds is 3. The van der Waals surface area contributed by atoms with Crippen LogP contribution in [0.1, 0.15) is 0 Å². The molecule has 0 saturated carbocycles. The summed E-state index contributed by atoms with van der Waals surface area (Å²) in [6.45, 7) is 0. The van der Waals surface area contributed by atoms with Crippen LogP contribution in [0, 0.1) is 0 Å². The minimum Gasteiger partial charge on any atom is -0.438 e. The fourth-order valence-electron chi connectivity index (χ4n) is 3.06. The molecule has 134 valence electrons. The fraction of sp³-hybridized carbons (Fsp3) is 0. The van der Waals surface area contributed by atoms with Crippen LogP contribution in [-0.4, -0.2) is 9.97 Å². The molecule has 5 rings (SSSR count). The Morgan fingerprint density at radius 3 is 2.46 bits per heavy atom. The minimum absolute atomic E-state index is 0.400. The lowest BCUT2D eigenvalue weighted by molar-refractivity contribution is 0.467. The highest BCUT2D eigenvalue weighted by molar-refractivity contribution is 5.85. The highest BCUT2D eigenvalue weighted by Crippen LogP contribution is 2.31. The fourth-order valence-corrected chi connectivity index (χ4v) is 3.06. The average Bonchev–Trinajstić information content (AvgIpc) is 2.74. The largest absolute Gasteiger partial charge is 0.438 e. The van der Waals surface area contributed by atoms with Gasteiger partial charge in [-0.1, -0.05) is 42.5 Å². The van der Waals surface area contributed by atoms with E-state index in [9.17, 15) is 4.79 Å². The topological polar surface area (TPSA) is 65.2 Å². The summed E-state index contributed by atoms with van der Waals surface area (Å²) in [5.74, 6) is 1.56. The standard InChI is InChI=1S/C23H14N2O3/c26-21-13-11-15-10-12-17(14-20(15)28-21)27-23-18-8-4-5-9-19(18)24-22(25-23)16-6-2-1-3-7-16/h1-14H. The maximum absolute atomic E-state index is 11.5. The lowest BCUT2D eigenvalue weighted by atomic mass is 10.2. The maximum atomic E-state index is 11.5. The molecule has 2 aromatic heterocycles. The summed E-state index contributed by atoms with van der Waals surface area (Å²) in [7, 11) is 0. The zero-order valence-electron chi connectivity index (χ0n) is 14.7. The predicted molar refractivity (Wildman–Crippen MR) is 108 cm³/mol. The highest BCUT2D eigenvalue weighted by atomic mass is 16.5. The Kier molecular flexibility index (Phi) is 3.84. The van der Waals surface area contributed by atoms with Gasteiger partial charge in [0.2, 0.25) is 5.88 Å². The van der Waals surface area contributed by atoms with Crippen molar-refractivity contribution in [2.75, 3.05) is 0 Å². The second kappa shape index (κ2) is 6.63. The number of benzene rings is 3. The highest BCUT2D eigenvalue weighted by Gasteiger charge is 2.12. The van der Waals surface area contributed by atoms with Crippen LogP contribution in [0.2, 0.25) is 0 Å². The first-order valence-electron chi connectivity index (χ1n) is 8.80. The van der Waals surface area contributed by atoms with Crippen LogP contribution in [0.4, 0.5) is 0 Å². The van der Waals surface area contributed by atoms with Gasteiger partial charge in [-0.15, -0.1) is 0 Å². The van der Waals surface area contributed by atoms with Crippen molar-refractivity contribution >= 4 is 21.9 Å².